The third-order valence-electron chi connectivity index (χ3n) is 2.88. The average Bonchev–Trinajstić information content (AvgIpc) is 2.44. The van der Waals surface area contributed by atoms with Crippen LogP contribution in [0.1, 0.15) is 17.0 Å². The Balaban J connectivity index is 2.12. The molecule has 7 heteroatoms. The van der Waals surface area contributed by atoms with Crippen molar-refractivity contribution in [1.29, 1.82) is 0 Å². The van der Waals surface area contributed by atoms with Crippen LogP contribution in [0, 0.1) is 13.8 Å². The summed E-state index contributed by atoms with van der Waals surface area (Å²) in [5.41, 5.74) is 2.46. The molecule has 0 amide bonds. The van der Waals surface area contributed by atoms with Gasteiger partial charge in [0, 0.05) is 17.9 Å². The molecule has 0 atom stereocenters. The highest BCUT2D eigenvalue weighted by Crippen LogP contribution is 2.29. The summed E-state index contributed by atoms with van der Waals surface area (Å²) < 4.78 is 34.2. The van der Waals surface area contributed by atoms with E-state index in [1.807, 2.05) is 19.9 Å². The molecule has 0 radical (unpaired) electrons. The molecule has 0 spiro atoms. The maximum atomic E-state index is 12.4. The Kier molecular flexibility index (Phi) is 5.08. The number of aryl methyl sites for hydroxylation is 2. The van der Waals surface area contributed by atoms with Crippen LogP contribution in [0.15, 0.2) is 24.3 Å². The van der Waals surface area contributed by atoms with Crippen LogP contribution >= 0.6 is 0 Å². The highest BCUT2D eigenvalue weighted by molar-refractivity contribution is 5.44. The molecule has 22 heavy (non-hydrogen) atoms. The number of aromatic nitrogens is 2. The number of benzene rings is 1. The first-order valence-electron chi connectivity index (χ1n) is 6.66. The summed E-state index contributed by atoms with van der Waals surface area (Å²) >= 11 is 0. The van der Waals surface area contributed by atoms with Gasteiger partial charge in [0.05, 0.1) is 7.11 Å². The Morgan fingerprint density at radius 3 is 2.36 bits per heavy atom. The van der Waals surface area contributed by atoms with E-state index >= 15 is 0 Å². The van der Waals surface area contributed by atoms with Crippen LogP contribution in [0.5, 0.6) is 11.5 Å². The highest BCUT2D eigenvalue weighted by Gasteiger charge is 2.11. The van der Waals surface area contributed by atoms with Crippen molar-refractivity contribution in [3.8, 4) is 11.5 Å². The number of rotatable bonds is 6. The third kappa shape index (κ3) is 4.28. The van der Waals surface area contributed by atoms with Gasteiger partial charge in [0.1, 0.15) is 0 Å². The molecule has 2 rings (SSSR count). The molecule has 2 aromatic rings. The zero-order chi connectivity index (χ0) is 16.1. The van der Waals surface area contributed by atoms with Gasteiger partial charge in [-0.15, -0.1) is 0 Å². The number of ether oxygens (including phenoxy) is 2. The molecule has 0 saturated carbocycles. The smallest absolute Gasteiger partial charge is 0.387 e. The minimum absolute atomic E-state index is 0.00172. The highest BCUT2D eigenvalue weighted by atomic mass is 19.3. The molecule has 5 nitrogen and oxygen atoms in total. The molecule has 0 saturated heterocycles. The summed E-state index contributed by atoms with van der Waals surface area (Å²) in [5.74, 6) is 0.745. The first kappa shape index (κ1) is 15.9. The fourth-order valence-corrected chi connectivity index (χ4v) is 2.01. The second-order valence-electron chi connectivity index (χ2n) is 4.69. The van der Waals surface area contributed by atoms with Crippen LogP contribution in [0.4, 0.5) is 14.7 Å². The van der Waals surface area contributed by atoms with Gasteiger partial charge in [0.25, 0.3) is 0 Å². The minimum atomic E-state index is -2.90. The number of alkyl halides is 2. The van der Waals surface area contributed by atoms with E-state index in [0.29, 0.717) is 12.5 Å². The van der Waals surface area contributed by atoms with Crippen LogP contribution in [-0.2, 0) is 6.54 Å². The van der Waals surface area contributed by atoms with E-state index in [1.54, 1.807) is 12.1 Å². The van der Waals surface area contributed by atoms with Crippen molar-refractivity contribution in [3.05, 3.63) is 41.2 Å². The largest absolute Gasteiger partial charge is 0.493 e. The fourth-order valence-electron chi connectivity index (χ4n) is 2.01. The Morgan fingerprint density at radius 1 is 1.09 bits per heavy atom. The Morgan fingerprint density at radius 2 is 1.77 bits per heavy atom. The molecular weight excluding hydrogens is 292 g/mol. The summed E-state index contributed by atoms with van der Waals surface area (Å²) in [4.78, 5) is 8.51. The van der Waals surface area contributed by atoms with Crippen molar-refractivity contribution in [1.82, 2.24) is 9.97 Å². The summed E-state index contributed by atoms with van der Waals surface area (Å²) in [5, 5.41) is 3.05. The summed E-state index contributed by atoms with van der Waals surface area (Å²) in [6, 6.07) is 6.71. The zero-order valence-electron chi connectivity index (χ0n) is 12.6. The molecule has 0 fully saturated rings. The number of methoxy groups -OCH3 is 1. The van der Waals surface area contributed by atoms with Crippen molar-refractivity contribution in [3.63, 3.8) is 0 Å². The molecule has 118 valence electrons. The standard InChI is InChI=1S/C15H17F2N3O2/c1-9-6-10(2)20-15(19-9)18-8-11-4-5-12(21-3)13(7-11)22-14(16)17/h4-7,14H,8H2,1-3H3,(H,18,19,20). The van der Waals surface area contributed by atoms with Crippen LogP contribution in [0.2, 0.25) is 0 Å². The van der Waals surface area contributed by atoms with Crippen LogP contribution in [0.3, 0.4) is 0 Å². The van der Waals surface area contributed by atoms with Gasteiger partial charge in [-0.05, 0) is 37.6 Å². The molecule has 0 aliphatic rings. The van der Waals surface area contributed by atoms with E-state index < -0.39 is 6.61 Å². The Bertz CT molecular complexity index is 630. The van der Waals surface area contributed by atoms with Crippen molar-refractivity contribution in [2.24, 2.45) is 0 Å². The van der Waals surface area contributed by atoms with Crippen LogP contribution < -0.4 is 14.8 Å². The first-order valence-corrected chi connectivity index (χ1v) is 6.66. The number of hydrogen-bond donors (Lipinski definition) is 1. The van der Waals surface area contributed by atoms with E-state index in [0.717, 1.165) is 17.0 Å². The SMILES string of the molecule is COc1ccc(CNc2nc(C)cc(C)n2)cc1OC(F)F. The molecule has 1 N–H and O–H groups in total. The second-order valence-corrected chi connectivity index (χ2v) is 4.69. The maximum absolute atomic E-state index is 12.4. The number of hydrogen-bond acceptors (Lipinski definition) is 5. The Hall–Kier alpha value is -2.44. The van der Waals surface area contributed by atoms with Crippen LogP contribution in [0.25, 0.3) is 0 Å². The number of nitrogens with one attached hydrogen (secondary N) is 1. The van der Waals surface area contributed by atoms with E-state index in [2.05, 4.69) is 20.0 Å². The predicted molar refractivity (Wildman–Crippen MR) is 78.5 cm³/mol. The van der Waals surface area contributed by atoms with Gasteiger partial charge in [0.15, 0.2) is 11.5 Å². The maximum Gasteiger partial charge on any atom is 0.387 e. The van der Waals surface area contributed by atoms with Crippen molar-refractivity contribution < 1.29 is 18.3 Å². The topological polar surface area (TPSA) is 56.3 Å². The number of nitrogens with zero attached hydrogens (tertiary/aromatic N) is 2. The predicted octanol–water partition coefficient (Wildman–Crippen LogP) is 3.32. The molecule has 0 aliphatic heterocycles. The zero-order valence-corrected chi connectivity index (χ0v) is 12.6. The Labute approximate surface area is 127 Å². The lowest BCUT2D eigenvalue weighted by Gasteiger charge is -2.12. The van der Waals surface area contributed by atoms with Gasteiger partial charge in [0.2, 0.25) is 5.95 Å². The van der Waals surface area contributed by atoms with Gasteiger partial charge in [-0.25, -0.2) is 9.97 Å². The van der Waals surface area contributed by atoms with E-state index in [9.17, 15) is 8.78 Å². The van der Waals surface area contributed by atoms with Gasteiger partial charge in [-0.1, -0.05) is 6.07 Å². The normalized spacial score (nSPS) is 10.6. The minimum Gasteiger partial charge on any atom is -0.493 e. The summed E-state index contributed by atoms with van der Waals surface area (Å²) in [7, 11) is 1.40. The lowest BCUT2D eigenvalue weighted by Crippen LogP contribution is -2.07. The van der Waals surface area contributed by atoms with Crippen molar-refractivity contribution >= 4 is 5.95 Å². The van der Waals surface area contributed by atoms with E-state index in [4.69, 9.17) is 4.74 Å². The van der Waals surface area contributed by atoms with Crippen LogP contribution in [-0.4, -0.2) is 23.7 Å². The monoisotopic (exact) mass is 309 g/mol. The van der Waals surface area contributed by atoms with Gasteiger partial charge < -0.3 is 14.8 Å². The van der Waals surface area contributed by atoms with Gasteiger partial charge >= 0.3 is 6.61 Å². The number of halogens is 2. The van der Waals surface area contributed by atoms with E-state index in [-0.39, 0.29) is 11.5 Å². The van der Waals surface area contributed by atoms with Crippen molar-refractivity contribution in [2.75, 3.05) is 12.4 Å². The quantitative estimate of drug-likeness (QED) is 0.887. The van der Waals surface area contributed by atoms with Crippen molar-refractivity contribution in [2.45, 2.75) is 27.0 Å². The average molecular weight is 309 g/mol. The molecule has 1 heterocycles. The molecule has 0 aliphatic carbocycles. The lowest BCUT2D eigenvalue weighted by molar-refractivity contribution is -0.0512. The number of anilines is 1. The lowest BCUT2D eigenvalue weighted by atomic mass is 10.2. The molecule has 0 unspecified atom stereocenters. The third-order valence-corrected chi connectivity index (χ3v) is 2.88. The molecule has 0 bridgehead atoms. The van der Waals surface area contributed by atoms with Gasteiger partial charge in [-0.2, -0.15) is 8.78 Å². The fraction of sp³-hybridized carbons (Fsp3) is 0.333. The molecule has 1 aromatic carbocycles. The van der Waals surface area contributed by atoms with E-state index in [1.165, 1.54) is 13.2 Å². The first-order chi connectivity index (χ1) is 10.5. The molecular formula is C15H17F2N3O2. The summed E-state index contributed by atoms with van der Waals surface area (Å²) in [6.07, 6.45) is 0. The molecule has 1 aromatic heterocycles. The van der Waals surface area contributed by atoms with Gasteiger partial charge in [-0.3, -0.25) is 0 Å². The second kappa shape index (κ2) is 7.02. The summed E-state index contributed by atoms with van der Waals surface area (Å²) in [6.45, 7) is 1.23.